The van der Waals surface area contributed by atoms with Gasteiger partial charge in [0, 0.05) is 17.8 Å². The molecule has 2 saturated heterocycles. The normalized spacial score (nSPS) is 54.9. The minimum atomic E-state index is -2.38. The second-order valence-electron chi connectivity index (χ2n) is 12.4. The van der Waals surface area contributed by atoms with Gasteiger partial charge in [-0.15, -0.1) is 0 Å². The van der Waals surface area contributed by atoms with Crippen molar-refractivity contribution in [3.63, 3.8) is 0 Å². The van der Waals surface area contributed by atoms with Crippen molar-refractivity contribution >= 4 is 5.97 Å². The molecule has 0 aromatic rings. The van der Waals surface area contributed by atoms with Gasteiger partial charge in [-0.2, -0.15) is 0 Å². The van der Waals surface area contributed by atoms with Crippen molar-refractivity contribution in [3.05, 3.63) is 11.1 Å². The fourth-order valence-corrected chi connectivity index (χ4v) is 8.30. The number of aliphatic hydroxyl groups excluding tert-OH is 4. The molecule has 12 nitrogen and oxygen atoms in total. The Morgan fingerprint density at radius 2 is 1.71 bits per heavy atom. The number of hydrogen-bond donors (Lipinski definition) is 8. The lowest BCUT2D eigenvalue weighted by atomic mass is 9.57. The van der Waals surface area contributed by atoms with Gasteiger partial charge in [0.05, 0.1) is 19.6 Å². The molecule has 3 aliphatic carbocycles. The standard InChI is InChI=1S/C26H40O12/c1-11-5-6-23(32)22(4)8-16(28)38-20(11)26(23,35)25(34)13(3)14(7-24(22,25)33)12(2)10-36-21-19(31)18(30)17(29)15(9-27)37-21/h11-12,15,17-21,27,29-35H,5-10H2,1-4H3/t11-,12?,15+,17+,18-,19+,20-,21+,22-,23+,24+,25+,26+/m0/s1. The van der Waals surface area contributed by atoms with E-state index < -0.39 is 89.5 Å². The van der Waals surface area contributed by atoms with Gasteiger partial charge in [0.1, 0.15) is 41.7 Å². The van der Waals surface area contributed by atoms with E-state index in [-0.39, 0.29) is 30.9 Å². The summed E-state index contributed by atoms with van der Waals surface area (Å²) in [6, 6.07) is 0. The Hall–Kier alpha value is -1.19. The predicted molar refractivity (Wildman–Crippen MR) is 127 cm³/mol. The summed E-state index contributed by atoms with van der Waals surface area (Å²) in [6.45, 7) is 5.88. The Bertz CT molecular complexity index is 1030. The molecule has 0 spiro atoms. The maximum absolute atomic E-state index is 12.8. The molecule has 13 atom stereocenters. The smallest absolute Gasteiger partial charge is 0.306 e. The van der Waals surface area contributed by atoms with E-state index in [0.717, 1.165) is 0 Å². The topological polar surface area (TPSA) is 207 Å². The van der Waals surface area contributed by atoms with Crippen molar-refractivity contribution in [1.82, 2.24) is 0 Å². The Kier molecular flexibility index (Phi) is 6.45. The maximum atomic E-state index is 12.8. The summed E-state index contributed by atoms with van der Waals surface area (Å²) >= 11 is 0. The molecule has 4 fully saturated rings. The fraction of sp³-hybridized carbons (Fsp3) is 0.885. The largest absolute Gasteiger partial charge is 0.459 e. The number of hydrogen-bond acceptors (Lipinski definition) is 12. The van der Waals surface area contributed by atoms with Crippen LogP contribution in [0.2, 0.25) is 0 Å². The zero-order valence-electron chi connectivity index (χ0n) is 22.1. The molecule has 0 amide bonds. The molecule has 2 heterocycles. The summed E-state index contributed by atoms with van der Waals surface area (Å²) in [6.07, 6.45) is -8.54. The molecule has 0 aromatic heterocycles. The van der Waals surface area contributed by atoms with Gasteiger partial charge in [0.15, 0.2) is 17.5 Å². The monoisotopic (exact) mass is 544 g/mol. The molecule has 216 valence electrons. The Balaban J connectivity index is 1.49. The minimum absolute atomic E-state index is 0.0668. The molecular formula is C26H40O12. The van der Waals surface area contributed by atoms with Gasteiger partial charge in [0.25, 0.3) is 0 Å². The summed E-state index contributed by atoms with van der Waals surface area (Å²) in [5, 5.41) is 88.8. The van der Waals surface area contributed by atoms with Crippen LogP contribution in [0, 0.1) is 17.3 Å². The van der Waals surface area contributed by atoms with E-state index in [2.05, 4.69) is 0 Å². The molecule has 1 unspecified atom stereocenters. The van der Waals surface area contributed by atoms with Gasteiger partial charge < -0.3 is 55.1 Å². The first-order valence-electron chi connectivity index (χ1n) is 13.3. The van der Waals surface area contributed by atoms with Crippen LogP contribution >= 0.6 is 0 Å². The molecule has 8 N–H and O–H groups in total. The van der Waals surface area contributed by atoms with Crippen LogP contribution in [0.5, 0.6) is 0 Å². The minimum Gasteiger partial charge on any atom is -0.459 e. The summed E-state index contributed by atoms with van der Waals surface area (Å²) in [4.78, 5) is 12.8. The highest BCUT2D eigenvalue weighted by atomic mass is 16.7. The summed E-state index contributed by atoms with van der Waals surface area (Å²) in [5.41, 5.74) is -9.69. The molecule has 4 bridgehead atoms. The van der Waals surface area contributed by atoms with Crippen molar-refractivity contribution < 1.29 is 59.9 Å². The lowest BCUT2D eigenvalue weighted by Crippen LogP contribution is -2.74. The third-order valence-electron chi connectivity index (χ3n) is 10.7. The van der Waals surface area contributed by atoms with Gasteiger partial charge >= 0.3 is 5.97 Å². The highest BCUT2D eigenvalue weighted by Gasteiger charge is 2.92. The number of rotatable bonds is 5. The molecule has 2 saturated carbocycles. The van der Waals surface area contributed by atoms with Crippen molar-refractivity contribution in [1.29, 1.82) is 0 Å². The van der Waals surface area contributed by atoms with E-state index in [1.165, 1.54) is 6.92 Å². The average molecular weight is 545 g/mol. The van der Waals surface area contributed by atoms with Crippen LogP contribution in [0.3, 0.4) is 0 Å². The van der Waals surface area contributed by atoms with E-state index in [0.29, 0.717) is 12.0 Å². The van der Waals surface area contributed by atoms with E-state index >= 15 is 0 Å². The first-order valence-corrected chi connectivity index (χ1v) is 13.3. The number of carbonyl (C=O) groups is 1. The zero-order valence-corrected chi connectivity index (χ0v) is 22.1. The lowest BCUT2D eigenvalue weighted by molar-refractivity contribution is -0.302. The van der Waals surface area contributed by atoms with E-state index in [1.54, 1.807) is 20.8 Å². The summed E-state index contributed by atoms with van der Waals surface area (Å²) in [5.74, 6) is -1.57. The maximum Gasteiger partial charge on any atom is 0.306 e. The van der Waals surface area contributed by atoms with Crippen molar-refractivity contribution in [3.8, 4) is 0 Å². The number of fused-ring (bicyclic) bond motifs is 2. The predicted octanol–water partition coefficient (Wildman–Crippen LogP) is -2.15. The fourth-order valence-electron chi connectivity index (χ4n) is 8.30. The quantitative estimate of drug-likeness (QED) is 0.138. The van der Waals surface area contributed by atoms with Crippen LogP contribution in [0.4, 0.5) is 0 Å². The van der Waals surface area contributed by atoms with Crippen LogP contribution in [0.1, 0.15) is 53.4 Å². The van der Waals surface area contributed by atoms with E-state index in [9.17, 15) is 45.6 Å². The van der Waals surface area contributed by atoms with Crippen LogP contribution in [0.15, 0.2) is 11.1 Å². The van der Waals surface area contributed by atoms with Crippen LogP contribution in [0.25, 0.3) is 0 Å². The Labute approximate surface area is 220 Å². The molecule has 5 rings (SSSR count). The zero-order chi connectivity index (χ0) is 28.2. The van der Waals surface area contributed by atoms with E-state index in [4.69, 9.17) is 14.2 Å². The molecule has 2 aliphatic heterocycles. The molecule has 0 radical (unpaired) electrons. The second-order valence-corrected chi connectivity index (χ2v) is 12.4. The highest BCUT2D eigenvalue weighted by Crippen LogP contribution is 2.75. The van der Waals surface area contributed by atoms with Gasteiger partial charge in [-0.25, -0.2) is 0 Å². The molecule has 0 aromatic carbocycles. The summed E-state index contributed by atoms with van der Waals surface area (Å²) < 4.78 is 16.7. The van der Waals surface area contributed by atoms with Crippen molar-refractivity contribution in [2.75, 3.05) is 13.2 Å². The second kappa shape index (κ2) is 8.65. The van der Waals surface area contributed by atoms with Crippen LogP contribution < -0.4 is 0 Å². The molecule has 38 heavy (non-hydrogen) atoms. The molecule has 12 heteroatoms. The van der Waals surface area contributed by atoms with Crippen LogP contribution in [-0.4, -0.2) is 119 Å². The van der Waals surface area contributed by atoms with E-state index in [1.807, 2.05) is 0 Å². The molecule has 5 aliphatic rings. The molecular weight excluding hydrogens is 504 g/mol. The van der Waals surface area contributed by atoms with Crippen molar-refractivity contribution in [2.45, 2.75) is 113 Å². The number of esters is 1. The van der Waals surface area contributed by atoms with Crippen molar-refractivity contribution in [2.24, 2.45) is 17.3 Å². The average Bonchev–Trinajstić information content (AvgIpc) is 3.11. The van der Waals surface area contributed by atoms with Gasteiger partial charge in [-0.1, -0.05) is 26.3 Å². The van der Waals surface area contributed by atoms with Gasteiger partial charge in [0.2, 0.25) is 0 Å². The summed E-state index contributed by atoms with van der Waals surface area (Å²) in [7, 11) is 0. The number of ether oxygens (including phenoxy) is 3. The third kappa shape index (κ3) is 3.02. The Morgan fingerprint density at radius 3 is 2.34 bits per heavy atom. The number of carbonyl (C=O) groups excluding carboxylic acids is 1. The SMILES string of the molecule is CC1=C(C(C)CO[C@@H]2O[C@H](CO)[C@@H](O)[C@H](O)[C@H]2O)C[C@@]2(O)[C@@]3(C)CC(=O)O[C@H]4[C@@H](C)CC[C@]3(O)[C@@]4(O)[C@@]12O. The lowest BCUT2D eigenvalue weighted by Gasteiger charge is -2.54. The Morgan fingerprint density at radius 1 is 1.05 bits per heavy atom. The highest BCUT2D eigenvalue weighted by molar-refractivity contribution is 5.74. The van der Waals surface area contributed by atoms with Gasteiger partial charge in [-0.3, -0.25) is 4.79 Å². The number of aliphatic hydroxyl groups is 8. The first kappa shape index (κ1) is 28.3. The third-order valence-corrected chi connectivity index (χ3v) is 10.7. The van der Waals surface area contributed by atoms with Crippen LogP contribution in [-0.2, 0) is 19.0 Å². The first-order chi connectivity index (χ1) is 17.6. The van der Waals surface area contributed by atoms with Gasteiger partial charge in [-0.05, 0) is 31.3 Å².